The van der Waals surface area contributed by atoms with Crippen molar-refractivity contribution in [1.82, 2.24) is 0 Å². The number of nitrogens with zero attached hydrogens (tertiary/aromatic N) is 2. The van der Waals surface area contributed by atoms with Gasteiger partial charge in [-0.05, 0) is 28.3 Å². The summed E-state index contributed by atoms with van der Waals surface area (Å²) in [5.41, 5.74) is 2.53. The molecule has 4 rings (SSSR count). The minimum atomic E-state index is 1.27. The van der Waals surface area contributed by atoms with Crippen molar-refractivity contribution in [3.05, 3.63) is 84.9 Å². The van der Waals surface area contributed by atoms with Crippen molar-refractivity contribution in [3.63, 3.8) is 0 Å². The molecule has 0 aromatic heterocycles. The van der Waals surface area contributed by atoms with Gasteiger partial charge in [0, 0.05) is 45.0 Å². The molecule has 0 radical (unpaired) electrons. The van der Waals surface area contributed by atoms with Gasteiger partial charge in [0.05, 0.1) is 0 Å². The van der Waals surface area contributed by atoms with Gasteiger partial charge in [0.25, 0.3) is 0 Å². The Morgan fingerprint density at radius 3 is 1.12 bits per heavy atom. The normalized spacial score (nSPS) is 10.3. The Bertz CT molecular complexity index is 895. The van der Waals surface area contributed by atoms with Crippen molar-refractivity contribution in [1.29, 1.82) is 0 Å². The van der Waals surface area contributed by atoms with Crippen molar-refractivity contribution in [2.24, 2.45) is 0 Å². The van der Waals surface area contributed by atoms with Crippen LogP contribution in [-0.4, -0.2) is 28.2 Å². The van der Waals surface area contributed by atoms with Crippen LogP contribution in [0.4, 0.5) is 11.4 Å². The fraction of sp³-hybridized carbons (Fsp3) is 0.167. The van der Waals surface area contributed by atoms with Crippen LogP contribution in [0.1, 0.15) is 0 Å². The minimum Gasteiger partial charge on any atom is -0.377 e. The molecule has 0 saturated carbocycles. The quantitative estimate of drug-likeness (QED) is 0.453. The second-order valence-electron chi connectivity index (χ2n) is 6.79. The van der Waals surface area contributed by atoms with E-state index >= 15 is 0 Å². The highest BCUT2D eigenvalue weighted by Gasteiger charge is 2.08. The molecule has 0 saturated heterocycles. The molecule has 4 aromatic rings. The van der Waals surface area contributed by atoms with Crippen molar-refractivity contribution in [3.8, 4) is 0 Å². The van der Waals surface area contributed by atoms with Crippen LogP contribution < -0.4 is 9.80 Å². The first-order chi connectivity index (χ1) is 12.6. The lowest BCUT2D eigenvalue weighted by molar-refractivity contribution is 1.12. The lowest BCUT2D eigenvalue weighted by Gasteiger charge is -2.21. The second-order valence-corrected chi connectivity index (χ2v) is 6.79. The van der Waals surface area contributed by atoms with E-state index < -0.39 is 0 Å². The van der Waals surface area contributed by atoms with E-state index in [1.807, 2.05) is 0 Å². The van der Waals surface area contributed by atoms with E-state index in [-0.39, 0.29) is 0 Å². The third-order valence-electron chi connectivity index (χ3n) is 4.48. The van der Waals surface area contributed by atoms with Gasteiger partial charge < -0.3 is 9.80 Å². The van der Waals surface area contributed by atoms with E-state index in [0.29, 0.717) is 0 Å². The summed E-state index contributed by atoms with van der Waals surface area (Å²) < 4.78 is 0. The molecule has 2 heteroatoms. The second kappa shape index (κ2) is 7.92. The number of anilines is 2. The van der Waals surface area contributed by atoms with E-state index in [1.165, 1.54) is 32.9 Å². The molecule has 0 N–H and O–H groups in total. The first-order valence-electron chi connectivity index (χ1n) is 8.88. The average molecular weight is 342 g/mol. The van der Waals surface area contributed by atoms with Gasteiger partial charge in [-0.1, -0.05) is 72.8 Å². The van der Waals surface area contributed by atoms with Crippen molar-refractivity contribution in [2.45, 2.75) is 0 Å². The molecular weight excluding hydrogens is 316 g/mol. The van der Waals surface area contributed by atoms with E-state index in [9.17, 15) is 0 Å². The smallest absolute Gasteiger partial charge is 0.0461 e. The fourth-order valence-electron chi connectivity index (χ4n) is 3.18. The largest absolute Gasteiger partial charge is 0.377 e. The van der Waals surface area contributed by atoms with Gasteiger partial charge in [0.2, 0.25) is 0 Å². The highest BCUT2D eigenvalue weighted by atomic mass is 15.1. The summed E-state index contributed by atoms with van der Waals surface area (Å²) in [6.45, 7) is 0. The summed E-state index contributed by atoms with van der Waals surface area (Å²) >= 11 is 0. The third kappa shape index (κ3) is 3.80. The molecule has 4 aromatic carbocycles. The molecule has 0 amide bonds. The van der Waals surface area contributed by atoms with E-state index in [4.69, 9.17) is 0 Å². The molecule has 0 unspecified atom stereocenters. The van der Waals surface area contributed by atoms with Crippen molar-refractivity contribution in [2.75, 3.05) is 38.0 Å². The molecule has 132 valence electrons. The molecule has 0 bridgehead atoms. The summed E-state index contributed by atoms with van der Waals surface area (Å²) in [5, 5.41) is 5.23. The lowest BCUT2D eigenvalue weighted by atomic mass is 10.1. The highest BCUT2D eigenvalue weighted by Crippen LogP contribution is 2.33. The molecule has 0 atom stereocenters. The zero-order valence-electron chi connectivity index (χ0n) is 16.0. The predicted octanol–water partition coefficient (Wildman–Crippen LogP) is 5.81. The summed E-state index contributed by atoms with van der Waals surface area (Å²) in [6, 6.07) is 29.6. The number of fused-ring (bicyclic) bond motifs is 2. The van der Waals surface area contributed by atoms with Crippen LogP contribution in [0.3, 0.4) is 0 Å². The third-order valence-corrected chi connectivity index (χ3v) is 4.48. The highest BCUT2D eigenvalue weighted by molar-refractivity contribution is 6.03. The van der Waals surface area contributed by atoms with Crippen molar-refractivity contribution < 1.29 is 0 Å². The SMILES string of the molecule is CN(C)c1cccc2cccc(N(C)C)c12.c1ccc2ccccc2c1. The van der Waals surface area contributed by atoms with E-state index in [0.717, 1.165) is 0 Å². The van der Waals surface area contributed by atoms with Crippen LogP contribution in [0.5, 0.6) is 0 Å². The molecule has 0 heterocycles. The number of benzene rings is 4. The van der Waals surface area contributed by atoms with Crippen LogP contribution in [-0.2, 0) is 0 Å². The summed E-state index contributed by atoms with van der Waals surface area (Å²) in [6.07, 6.45) is 0. The van der Waals surface area contributed by atoms with Gasteiger partial charge in [-0.25, -0.2) is 0 Å². The van der Waals surface area contributed by atoms with Crippen LogP contribution in [0, 0.1) is 0 Å². The van der Waals surface area contributed by atoms with Gasteiger partial charge >= 0.3 is 0 Å². The number of hydrogen-bond donors (Lipinski definition) is 0. The summed E-state index contributed by atoms with van der Waals surface area (Å²) in [5.74, 6) is 0. The van der Waals surface area contributed by atoms with Gasteiger partial charge in [-0.15, -0.1) is 0 Å². The maximum absolute atomic E-state index is 2.16. The topological polar surface area (TPSA) is 6.48 Å². The number of hydrogen-bond acceptors (Lipinski definition) is 2. The monoisotopic (exact) mass is 342 g/mol. The van der Waals surface area contributed by atoms with Crippen LogP contribution in [0.2, 0.25) is 0 Å². The zero-order valence-corrected chi connectivity index (χ0v) is 16.0. The van der Waals surface area contributed by atoms with Crippen LogP contribution >= 0.6 is 0 Å². The van der Waals surface area contributed by atoms with Crippen LogP contribution in [0.15, 0.2) is 84.9 Å². The predicted molar refractivity (Wildman–Crippen MR) is 117 cm³/mol. The summed E-state index contributed by atoms with van der Waals surface area (Å²) in [4.78, 5) is 4.32. The molecule has 0 aliphatic heterocycles. The van der Waals surface area contributed by atoms with E-state index in [2.05, 4.69) is 123 Å². The number of rotatable bonds is 2. The van der Waals surface area contributed by atoms with Crippen LogP contribution in [0.25, 0.3) is 21.5 Å². The van der Waals surface area contributed by atoms with E-state index in [1.54, 1.807) is 0 Å². The average Bonchev–Trinajstić information content (AvgIpc) is 2.67. The first-order valence-corrected chi connectivity index (χ1v) is 8.88. The Kier molecular flexibility index (Phi) is 5.43. The molecule has 2 nitrogen and oxygen atoms in total. The van der Waals surface area contributed by atoms with Gasteiger partial charge in [-0.3, -0.25) is 0 Å². The van der Waals surface area contributed by atoms with Gasteiger partial charge in [0.1, 0.15) is 0 Å². The zero-order chi connectivity index (χ0) is 18.5. The summed E-state index contributed by atoms with van der Waals surface area (Å²) in [7, 11) is 8.34. The lowest BCUT2D eigenvalue weighted by Crippen LogP contribution is -2.13. The van der Waals surface area contributed by atoms with Gasteiger partial charge in [-0.2, -0.15) is 0 Å². The Morgan fingerprint density at radius 2 is 0.769 bits per heavy atom. The molecule has 26 heavy (non-hydrogen) atoms. The Balaban J connectivity index is 0.000000167. The minimum absolute atomic E-state index is 1.27. The molecule has 0 spiro atoms. The molecule has 0 fully saturated rings. The molecular formula is C24H26N2. The van der Waals surface area contributed by atoms with Crippen molar-refractivity contribution >= 4 is 32.9 Å². The molecule has 0 aliphatic carbocycles. The first kappa shape index (κ1) is 17.8. The molecule has 0 aliphatic rings. The Labute approximate surface area is 156 Å². The maximum atomic E-state index is 2.16. The standard InChI is InChI=1S/C14H18N2.C10H8/c1-15(2)12-9-5-7-11-8-6-10-13(14(11)12)16(3)4;1-2-6-10-8-4-3-7-9(10)5-1/h5-10H,1-4H3;1-8H. The Hall–Kier alpha value is -3.00. The van der Waals surface area contributed by atoms with Gasteiger partial charge in [0.15, 0.2) is 0 Å². The fourth-order valence-corrected chi connectivity index (χ4v) is 3.18. The maximum Gasteiger partial charge on any atom is 0.0461 e. The Morgan fingerprint density at radius 1 is 0.423 bits per heavy atom.